The molecule has 3 saturated carbocycles. The van der Waals surface area contributed by atoms with Gasteiger partial charge in [0.15, 0.2) is 0 Å². The van der Waals surface area contributed by atoms with Crippen molar-refractivity contribution < 1.29 is 25.4 Å². The molecule has 0 amide bonds. The molecule has 0 aliphatic heterocycles. The first-order valence-corrected chi connectivity index (χ1v) is 9.44. The second-order valence-corrected chi connectivity index (χ2v) is 9.13. The van der Waals surface area contributed by atoms with Gasteiger partial charge in [-0.2, -0.15) is 9.78 Å². The highest BCUT2D eigenvalue weighted by Gasteiger charge is 2.59. The van der Waals surface area contributed by atoms with Crippen LogP contribution in [0.4, 0.5) is 0 Å². The molecule has 0 saturated heterocycles. The van der Waals surface area contributed by atoms with Crippen molar-refractivity contribution in [1.29, 1.82) is 0 Å². The normalized spacial score (nSPS) is 49.8. The topological polar surface area (TPSA) is 79.2 Å². The van der Waals surface area contributed by atoms with Gasteiger partial charge in [0.1, 0.15) is 0 Å². The summed E-state index contributed by atoms with van der Waals surface area (Å²) in [6.45, 7) is 4.63. The smallest absolute Gasteiger partial charge is 0.251 e. The monoisotopic (exact) mass is 338 g/mol. The molecule has 5 heteroatoms. The number of allylic oxidation sites excluding steroid dienone is 1. The molecular weight excluding hydrogens is 308 g/mol. The van der Waals surface area contributed by atoms with Gasteiger partial charge in [0.25, 0.3) is 5.79 Å². The maximum Gasteiger partial charge on any atom is 0.251 e. The Hall–Kier alpha value is -0.460. The lowest BCUT2D eigenvalue weighted by atomic mass is 9.47. The van der Waals surface area contributed by atoms with Crippen molar-refractivity contribution >= 4 is 0 Å². The molecular formula is C19H30O5. The van der Waals surface area contributed by atoms with Crippen LogP contribution in [0.5, 0.6) is 0 Å². The number of hydrogen-bond acceptors (Lipinski definition) is 5. The fraction of sp³-hybridized carbons (Fsp3) is 0.895. The first-order chi connectivity index (χ1) is 11.4. The Balaban J connectivity index is 1.66. The van der Waals surface area contributed by atoms with Gasteiger partial charge >= 0.3 is 0 Å². The molecule has 0 radical (unpaired) electrons. The molecule has 0 aromatic rings. The molecule has 5 nitrogen and oxygen atoms in total. The minimum absolute atomic E-state index is 0.0817. The van der Waals surface area contributed by atoms with E-state index in [1.165, 1.54) is 5.57 Å². The lowest BCUT2D eigenvalue weighted by Gasteiger charge is -2.58. The lowest BCUT2D eigenvalue weighted by molar-refractivity contribution is -0.472. The van der Waals surface area contributed by atoms with Gasteiger partial charge in [-0.05, 0) is 79.6 Å². The highest BCUT2D eigenvalue weighted by Crippen LogP contribution is 2.65. The van der Waals surface area contributed by atoms with Crippen LogP contribution in [0.25, 0.3) is 0 Å². The first-order valence-electron chi connectivity index (χ1n) is 9.44. The van der Waals surface area contributed by atoms with Crippen molar-refractivity contribution in [2.45, 2.75) is 77.1 Å². The van der Waals surface area contributed by atoms with Gasteiger partial charge in [0, 0.05) is 6.42 Å². The van der Waals surface area contributed by atoms with Gasteiger partial charge in [0.05, 0.1) is 6.10 Å². The van der Waals surface area contributed by atoms with Crippen LogP contribution in [0, 0.1) is 28.6 Å². The molecule has 0 bridgehead atoms. The van der Waals surface area contributed by atoms with Gasteiger partial charge in [-0.15, -0.1) is 0 Å². The van der Waals surface area contributed by atoms with Gasteiger partial charge in [0.2, 0.25) is 0 Å². The summed E-state index contributed by atoms with van der Waals surface area (Å²) in [4.78, 5) is 8.95. The van der Waals surface area contributed by atoms with Gasteiger partial charge in [-0.1, -0.05) is 19.4 Å². The van der Waals surface area contributed by atoms with Crippen LogP contribution < -0.4 is 0 Å². The fourth-order valence-electron chi connectivity index (χ4n) is 6.81. The molecule has 24 heavy (non-hydrogen) atoms. The van der Waals surface area contributed by atoms with Crippen molar-refractivity contribution in [3.05, 3.63) is 11.6 Å². The van der Waals surface area contributed by atoms with E-state index >= 15 is 0 Å². The molecule has 136 valence electrons. The zero-order valence-corrected chi connectivity index (χ0v) is 14.7. The Kier molecular flexibility index (Phi) is 3.90. The molecule has 0 spiro atoms. The molecule has 4 aliphatic rings. The van der Waals surface area contributed by atoms with Gasteiger partial charge in [-0.3, -0.25) is 0 Å². The Morgan fingerprint density at radius 1 is 0.958 bits per heavy atom. The maximum atomic E-state index is 10.5. The standard InChI is InChI=1S/C19H30O5/c1-17-9-10-19(23-21,24-22)11-12(17)3-4-13-14-5-6-16(20)18(14,2)8-7-15(13)17/h11,13-16,20-22H,3-10H2,1-2H3/t13-,14-,15-,16?,17-,18-/m0/s1. The molecule has 6 atom stereocenters. The van der Waals surface area contributed by atoms with Crippen LogP contribution in [0.2, 0.25) is 0 Å². The quantitative estimate of drug-likeness (QED) is 0.307. The van der Waals surface area contributed by atoms with Crippen LogP contribution in [0.1, 0.15) is 65.2 Å². The summed E-state index contributed by atoms with van der Waals surface area (Å²) in [5, 5.41) is 28.9. The average Bonchev–Trinajstić information content (AvgIpc) is 2.90. The van der Waals surface area contributed by atoms with E-state index < -0.39 is 5.79 Å². The van der Waals surface area contributed by atoms with E-state index in [0.29, 0.717) is 24.2 Å². The number of aliphatic hydroxyl groups excluding tert-OH is 1. The highest BCUT2D eigenvalue weighted by molar-refractivity contribution is 5.27. The third kappa shape index (κ3) is 2.12. The molecule has 1 unspecified atom stereocenters. The minimum Gasteiger partial charge on any atom is -0.393 e. The van der Waals surface area contributed by atoms with E-state index in [2.05, 4.69) is 23.6 Å². The summed E-state index contributed by atoms with van der Waals surface area (Å²) < 4.78 is 0. The second kappa shape index (κ2) is 5.52. The van der Waals surface area contributed by atoms with Crippen molar-refractivity contribution in [2.75, 3.05) is 0 Å². The largest absolute Gasteiger partial charge is 0.393 e. The third-order valence-electron chi connectivity index (χ3n) is 8.38. The number of hydrogen-bond donors (Lipinski definition) is 3. The van der Waals surface area contributed by atoms with Crippen LogP contribution in [-0.4, -0.2) is 27.5 Å². The van der Waals surface area contributed by atoms with E-state index in [1.54, 1.807) is 0 Å². The summed E-state index contributed by atoms with van der Waals surface area (Å²) >= 11 is 0. The molecule has 0 aromatic carbocycles. The maximum absolute atomic E-state index is 10.5. The lowest BCUT2D eigenvalue weighted by Crippen LogP contribution is -2.52. The molecule has 4 aliphatic carbocycles. The minimum atomic E-state index is -1.39. The summed E-state index contributed by atoms with van der Waals surface area (Å²) in [7, 11) is 0. The van der Waals surface area contributed by atoms with Crippen molar-refractivity contribution in [3.8, 4) is 0 Å². The SMILES string of the molecule is C[C@]12CCC(OO)(OO)C=C1CC[C@@H]1[C@@H]2CC[C@]2(C)C(O)CC[C@@H]12. The Bertz CT molecular complexity index is 542. The van der Waals surface area contributed by atoms with Crippen LogP contribution in [-0.2, 0) is 9.78 Å². The first kappa shape index (κ1) is 17.0. The molecule has 3 N–H and O–H groups in total. The van der Waals surface area contributed by atoms with E-state index in [0.717, 1.165) is 44.9 Å². The van der Waals surface area contributed by atoms with Crippen molar-refractivity contribution in [3.63, 3.8) is 0 Å². The van der Waals surface area contributed by atoms with Gasteiger partial charge < -0.3 is 5.11 Å². The third-order valence-corrected chi connectivity index (χ3v) is 8.38. The molecule has 4 rings (SSSR count). The van der Waals surface area contributed by atoms with Crippen molar-refractivity contribution in [2.24, 2.45) is 28.6 Å². The average molecular weight is 338 g/mol. The van der Waals surface area contributed by atoms with E-state index in [1.807, 2.05) is 6.08 Å². The van der Waals surface area contributed by atoms with E-state index in [4.69, 9.17) is 0 Å². The Morgan fingerprint density at radius 3 is 2.42 bits per heavy atom. The van der Waals surface area contributed by atoms with Crippen LogP contribution in [0.15, 0.2) is 11.6 Å². The fourth-order valence-corrected chi connectivity index (χ4v) is 6.81. The zero-order chi connectivity index (χ0) is 17.2. The second-order valence-electron chi connectivity index (χ2n) is 9.13. The summed E-state index contributed by atoms with van der Waals surface area (Å²) in [6, 6.07) is 0. The van der Waals surface area contributed by atoms with Crippen LogP contribution >= 0.6 is 0 Å². The van der Waals surface area contributed by atoms with E-state index in [9.17, 15) is 15.6 Å². The number of fused-ring (bicyclic) bond motifs is 5. The van der Waals surface area contributed by atoms with Crippen LogP contribution in [0.3, 0.4) is 0 Å². The number of rotatable bonds is 2. The molecule has 0 aromatic heterocycles. The molecule has 3 fully saturated rings. The van der Waals surface area contributed by atoms with Crippen molar-refractivity contribution in [1.82, 2.24) is 0 Å². The Labute approximate surface area is 143 Å². The summed E-state index contributed by atoms with van der Waals surface area (Å²) in [6.07, 6.45) is 9.38. The molecule has 0 heterocycles. The van der Waals surface area contributed by atoms with Gasteiger partial charge in [-0.25, -0.2) is 10.5 Å². The predicted molar refractivity (Wildman–Crippen MR) is 87.9 cm³/mol. The highest BCUT2D eigenvalue weighted by atomic mass is 17.2. The zero-order valence-electron chi connectivity index (χ0n) is 14.7. The van der Waals surface area contributed by atoms with E-state index in [-0.39, 0.29) is 16.9 Å². The number of aliphatic hydroxyl groups is 1. The summed E-state index contributed by atoms with van der Waals surface area (Å²) in [5.41, 5.74) is 1.43. The summed E-state index contributed by atoms with van der Waals surface area (Å²) in [5.74, 6) is 0.505. The Morgan fingerprint density at radius 2 is 1.71 bits per heavy atom. The predicted octanol–water partition coefficient (Wildman–Crippen LogP) is 3.99.